The summed E-state index contributed by atoms with van der Waals surface area (Å²) in [5.74, 6) is -0.254. The zero-order chi connectivity index (χ0) is 13.3. The molecule has 6 heteroatoms. The molecule has 0 atom stereocenters. The van der Waals surface area contributed by atoms with Crippen molar-refractivity contribution >= 4 is 60.8 Å². The zero-order valence-corrected chi connectivity index (χ0v) is 13.4. The van der Waals surface area contributed by atoms with Gasteiger partial charge in [-0.15, -0.1) is 0 Å². The SMILES string of the molecule is O=C(c1ccc(Cl)cc1Cl)c1ncc(Br)cc1Br. The Labute approximate surface area is 131 Å². The molecule has 0 saturated carbocycles. The van der Waals surface area contributed by atoms with E-state index in [4.69, 9.17) is 23.2 Å². The van der Waals surface area contributed by atoms with Crippen molar-refractivity contribution in [2.45, 2.75) is 0 Å². The van der Waals surface area contributed by atoms with Gasteiger partial charge < -0.3 is 0 Å². The summed E-state index contributed by atoms with van der Waals surface area (Å²) in [5, 5.41) is 0.795. The molecule has 0 radical (unpaired) electrons. The molecule has 0 bridgehead atoms. The van der Waals surface area contributed by atoms with E-state index < -0.39 is 0 Å². The molecular formula is C12H5Br2Cl2NO. The Morgan fingerprint density at radius 3 is 2.50 bits per heavy atom. The maximum atomic E-state index is 12.3. The van der Waals surface area contributed by atoms with Gasteiger partial charge in [0.2, 0.25) is 5.78 Å². The monoisotopic (exact) mass is 407 g/mol. The standard InChI is InChI=1S/C12H5Br2Cl2NO/c13-6-3-9(14)11(17-5-6)12(18)8-2-1-7(15)4-10(8)16/h1-5H. The lowest BCUT2D eigenvalue weighted by Gasteiger charge is -2.05. The molecule has 1 aromatic heterocycles. The molecule has 0 unspecified atom stereocenters. The number of ketones is 1. The Hall–Kier alpha value is -0.420. The Bertz CT molecular complexity index is 578. The number of benzene rings is 1. The second-order valence-corrected chi connectivity index (χ2v) is 6.05. The van der Waals surface area contributed by atoms with Crippen molar-refractivity contribution in [2.75, 3.05) is 0 Å². The molecule has 0 saturated heterocycles. The predicted octanol–water partition coefficient (Wildman–Crippen LogP) is 5.14. The third kappa shape index (κ3) is 2.94. The van der Waals surface area contributed by atoms with Gasteiger partial charge in [0, 0.05) is 25.7 Å². The molecular weight excluding hydrogens is 405 g/mol. The van der Waals surface area contributed by atoms with Gasteiger partial charge in [0.15, 0.2) is 0 Å². The van der Waals surface area contributed by atoms with Crippen molar-refractivity contribution in [1.82, 2.24) is 4.98 Å². The highest BCUT2D eigenvalue weighted by Crippen LogP contribution is 2.26. The Morgan fingerprint density at radius 1 is 1.17 bits per heavy atom. The fourth-order valence-corrected chi connectivity index (χ4v) is 3.04. The summed E-state index contributed by atoms with van der Waals surface area (Å²) in [7, 11) is 0. The fraction of sp³-hybridized carbons (Fsp3) is 0. The summed E-state index contributed by atoms with van der Waals surface area (Å²) in [6.07, 6.45) is 1.56. The summed E-state index contributed by atoms with van der Waals surface area (Å²) in [6, 6.07) is 6.49. The second kappa shape index (κ2) is 5.70. The Kier molecular flexibility index (Phi) is 4.43. The molecule has 1 aromatic carbocycles. The first-order valence-electron chi connectivity index (χ1n) is 4.80. The van der Waals surface area contributed by atoms with Gasteiger partial charge in [-0.05, 0) is 56.1 Å². The highest BCUT2D eigenvalue weighted by Gasteiger charge is 2.17. The van der Waals surface area contributed by atoms with Gasteiger partial charge >= 0.3 is 0 Å². The normalized spacial score (nSPS) is 10.4. The van der Waals surface area contributed by atoms with Gasteiger partial charge in [0.1, 0.15) is 5.69 Å². The summed E-state index contributed by atoms with van der Waals surface area (Å²) in [6.45, 7) is 0. The van der Waals surface area contributed by atoms with E-state index in [0.717, 1.165) is 4.47 Å². The zero-order valence-electron chi connectivity index (χ0n) is 8.75. The van der Waals surface area contributed by atoms with Crippen LogP contribution in [0.4, 0.5) is 0 Å². The van der Waals surface area contributed by atoms with Crippen LogP contribution in [-0.4, -0.2) is 10.8 Å². The van der Waals surface area contributed by atoms with Crippen molar-refractivity contribution < 1.29 is 4.79 Å². The summed E-state index contributed by atoms with van der Waals surface area (Å²) >= 11 is 18.4. The van der Waals surface area contributed by atoms with Crippen LogP contribution in [0.2, 0.25) is 10.0 Å². The molecule has 2 rings (SSSR count). The van der Waals surface area contributed by atoms with Gasteiger partial charge in [0.05, 0.1) is 5.02 Å². The van der Waals surface area contributed by atoms with Crippen molar-refractivity contribution in [3.8, 4) is 0 Å². The highest BCUT2D eigenvalue weighted by atomic mass is 79.9. The van der Waals surface area contributed by atoms with Crippen LogP contribution in [0.1, 0.15) is 16.1 Å². The van der Waals surface area contributed by atoms with E-state index in [1.54, 1.807) is 24.4 Å². The predicted molar refractivity (Wildman–Crippen MR) is 79.5 cm³/mol. The van der Waals surface area contributed by atoms with E-state index in [1.807, 2.05) is 0 Å². The number of nitrogens with zero attached hydrogens (tertiary/aromatic N) is 1. The van der Waals surface area contributed by atoms with Gasteiger partial charge in [-0.2, -0.15) is 0 Å². The van der Waals surface area contributed by atoms with Crippen molar-refractivity contribution in [3.05, 3.63) is 60.7 Å². The summed E-state index contributed by atoms with van der Waals surface area (Å²) in [4.78, 5) is 16.4. The number of carbonyl (C=O) groups excluding carboxylic acids is 1. The van der Waals surface area contributed by atoms with Crippen molar-refractivity contribution in [3.63, 3.8) is 0 Å². The number of hydrogen-bond acceptors (Lipinski definition) is 2. The third-order valence-electron chi connectivity index (χ3n) is 2.20. The van der Waals surface area contributed by atoms with E-state index in [1.165, 1.54) is 6.07 Å². The molecule has 0 fully saturated rings. The lowest BCUT2D eigenvalue weighted by Crippen LogP contribution is -2.05. The molecule has 0 spiro atoms. The number of rotatable bonds is 2. The molecule has 0 amide bonds. The average molecular weight is 410 g/mol. The molecule has 2 nitrogen and oxygen atoms in total. The van der Waals surface area contributed by atoms with E-state index in [-0.39, 0.29) is 5.78 Å². The number of aromatic nitrogens is 1. The fourth-order valence-electron chi connectivity index (χ4n) is 1.38. The summed E-state index contributed by atoms with van der Waals surface area (Å²) in [5.41, 5.74) is 0.680. The molecule has 0 aliphatic rings. The lowest BCUT2D eigenvalue weighted by atomic mass is 10.1. The molecule has 18 heavy (non-hydrogen) atoms. The van der Waals surface area contributed by atoms with Crippen molar-refractivity contribution in [1.29, 1.82) is 0 Å². The number of hydrogen-bond donors (Lipinski definition) is 0. The van der Waals surface area contributed by atoms with E-state index >= 15 is 0 Å². The third-order valence-corrected chi connectivity index (χ3v) is 3.78. The van der Waals surface area contributed by atoms with E-state index in [0.29, 0.717) is 25.8 Å². The first-order chi connectivity index (χ1) is 8.49. The molecule has 0 aliphatic heterocycles. The second-order valence-electron chi connectivity index (χ2n) is 3.44. The van der Waals surface area contributed by atoms with Gasteiger partial charge in [-0.25, -0.2) is 0 Å². The van der Waals surface area contributed by atoms with Gasteiger partial charge in [-0.3, -0.25) is 9.78 Å². The highest BCUT2D eigenvalue weighted by molar-refractivity contribution is 9.11. The van der Waals surface area contributed by atoms with Crippen LogP contribution < -0.4 is 0 Å². The maximum absolute atomic E-state index is 12.3. The Morgan fingerprint density at radius 2 is 1.89 bits per heavy atom. The number of pyridine rings is 1. The van der Waals surface area contributed by atoms with Crippen LogP contribution in [0.3, 0.4) is 0 Å². The number of carbonyl (C=O) groups is 1. The van der Waals surface area contributed by atoms with Crippen molar-refractivity contribution in [2.24, 2.45) is 0 Å². The van der Waals surface area contributed by atoms with Crippen LogP contribution in [0.25, 0.3) is 0 Å². The van der Waals surface area contributed by atoms with Crippen LogP contribution in [0.15, 0.2) is 39.4 Å². The van der Waals surface area contributed by atoms with E-state index in [2.05, 4.69) is 36.8 Å². The first kappa shape index (κ1) is 14.0. The molecule has 0 aliphatic carbocycles. The largest absolute Gasteiger partial charge is 0.287 e. The van der Waals surface area contributed by atoms with Crippen LogP contribution >= 0.6 is 55.1 Å². The van der Waals surface area contributed by atoms with Crippen LogP contribution in [0, 0.1) is 0 Å². The first-order valence-corrected chi connectivity index (χ1v) is 7.14. The van der Waals surface area contributed by atoms with E-state index in [9.17, 15) is 4.79 Å². The molecule has 92 valence electrons. The smallest absolute Gasteiger partial charge is 0.213 e. The molecule has 2 aromatic rings. The minimum absolute atomic E-state index is 0.254. The quantitative estimate of drug-likeness (QED) is 0.642. The minimum Gasteiger partial charge on any atom is -0.287 e. The molecule has 1 heterocycles. The van der Waals surface area contributed by atoms with Gasteiger partial charge in [0.25, 0.3) is 0 Å². The Balaban J connectivity index is 2.48. The number of halogens is 4. The molecule has 0 N–H and O–H groups in total. The van der Waals surface area contributed by atoms with Crippen LogP contribution in [-0.2, 0) is 0 Å². The average Bonchev–Trinajstić information content (AvgIpc) is 2.28. The summed E-state index contributed by atoms with van der Waals surface area (Å²) < 4.78 is 1.39. The topological polar surface area (TPSA) is 30.0 Å². The minimum atomic E-state index is -0.254. The van der Waals surface area contributed by atoms with Gasteiger partial charge in [-0.1, -0.05) is 23.2 Å². The maximum Gasteiger partial charge on any atom is 0.213 e. The lowest BCUT2D eigenvalue weighted by molar-refractivity contribution is 0.103. The van der Waals surface area contributed by atoms with Crippen LogP contribution in [0.5, 0.6) is 0 Å².